The van der Waals surface area contributed by atoms with Gasteiger partial charge < -0.3 is 15.2 Å². The third-order valence-electron chi connectivity index (χ3n) is 3.95. The Bertz CT molecular complexity index is 427. The predicted molar refractivity (Wildman–Crippen MR) is 80.4 cm³/mol. The van der Waals surface area contributed by atoms with Crippen molar-refractivity contribution >= 4 is 0 Å². The molecule has 20 heavy (non-hydrogen) atoms. The Morgan fingerprint density at radius 2 is 1.90 bits per heavy atom. The van der Waals surface area contributed by atoms with Gasteiger partial charge in [0.1, 0.15) is 12.4 Å². The Hall–Kier alpha value is -1.50. The molecule has 3 heteroatoms. The second-order valence-electron chi connectivity index (χ2n) is 5.42. The zero-order chi connectivity index (χ0) is 14.2. The average molecular weight is 273 g/mol. The molecule has 2 N–H and O–H groups in total. The first-order valence-electron chi connectivity index (χ1n) is 7.31. The highest BCUT2D eigenvalue weighted by Crippen LogP contribution is 2.24. The predicted octanol–water partition coefficient (Wildman–Crippen LogP) is 2.34. The first kappa shape index (κ1) is 14.9. The highest BCUT2D eigenvalue weighted by Gasteiger charge is 2.19. The summed E-state index contributed by atoms with van der Waals surface area (Å²) in [5, 5.41) is 12.7. The van der Waals surface area contributed by atoms with Crippen LogP contribution < -0.4 is 10.1 Å². The minimum Gasteiger partial charge on any atom is -0.481 e. The van der Waals surface area contributed by atoms with Crippen molar-refractivity contribution in [2.75, 3.05) is 13.2 Å². The molecule has 1 aliphatic carbocycles. The van der Waals surface area contributed by atoms with E-state index in [1.807, 2.05) is 12.1 Å². The molecule has 3 nitrogen and oxygen atoms in total. The van der Waals surface area contributed by atoms with Gasteiger partial charge in [0.05, 0.1) is 0 Å². The fraction of sp³-hybridized carbons (Fsp3) is 0.529. The summed E-state index contributed by atoms with van der Waals surface area (Å²) in [4.78, 5) is 0. The number of hydrogen-bond donors (Lipinski definition) is 2. The largest absolute Gasteiger partial charge is 0.481 e. The van der Waals surface area contributed by atoms with Crippen LogP contribution in [0, 0.1) is 18.3 Å². The smallest absolute Gasteiger partial charge is 0.148 e. The lowest BCUT2D eigenvalue weighted by Crippen LogP contribution is -2.33. The fourth-order valence-corrected chi connectivity index (χ4v) is 2.64. The molecule has 2 rings (SSSR count). The Labute approximate surface area is 121 Å². The number of ether oxygens (including phenoxy) is 1. The lowest BCUT2D eigenvalue weighted by Gasteiger charge is -2.28. The Kier molecular flexibility index (Phi) is 5.91. The Morgan fingerprint density at radius 3 is 2.50 bits per heavy atom. The molecular weight excluding hydrogens is 250 g/mol. The van der Waals surface area contributed by atoms with Gasteiger partial charge in [-0.1, -0.05) is 18.1 Å². The molecule has 0 amide bonds. The molecule has 1 aromatic carbocycles. The van der Waals surface area contributed by atoms with Crippen LogP contribution >= 0.6 is 0 Å². The summed E-state index contributed by atoms with van der Waals surface area (Å²) >= 11 is 0. The van der Waals surface area contributed by atoms with E-state index in [2.05, 4.69) is 23.4 Å². The number of terminal acetylenes is 1. The summed E-state index contributed by atoms with van der Waals surface area (Å²) in [5.41, 5.74) is 1.25. The summed E-state index contributed by atoms with van der Waals surface area (Å²) in [6.45, 7) is 1.53. The third kappa shape index (κ3) is 4.56. The van der Waals surface area contributed by atoms with Gasteiger partial charge >= 0.3 is 0 Å². The van der Waals surface area contributed by atoms with Gasteiger partial charge in [-0.25, -0.2) is 0 Å². The molecule has 0 spiro atoms. The zero-order valence-corrected chi connectivity index (χ0v) is 11.8. The summed E-state index contributed by atoms with van der Waals surface area (Å²) in [7, 11) is 0. The average Bonchev–Trinajstić information content (AvgIpc) is 2.52. The molecule has 0 heterocycles. The molecule has 0 unspecified atom stereocenters. The van der Waals surface area contributed by atoms with Crippen LogP contribution in [-0.2, 0) is 6.54 Å². The highest BCUT2D eigenvalue weighted by molar-refractivity contribution is 5.27. The summed E-state index contributed by atoms with van der Waals surface area (Å²) < 4.78 is 5.35. The lowest BCUT2D eigenvalue weighted by molar-refractivity contribution is 0.175. The molecular formula is C17H23NO2. The van der Waals surface area contributed by atoms with Crippen LogP contribution in [0.3, 0.4) is 0 Å². The van der Waals surface area contributed by atoms with E-state index < -0.39 is 0 Å². The van der Waals surface area contributed by atoms with E-state index in [-0.39, 0.29) is 0 Å². The van der Waals surface area contributed by atoms with Crippen molar-refractivity contribution in [2.24, 2.45) is 5.92 Å². The van der Waals surface area contributed by atoms with Crippen molar-refractivity contribution < 1.29 is 9.84 Å². The summed E-state index contributed by atoms with van der Waals surface area (Å²) in [6, 6.07) is 8.62. The maximum absolute atomic E-state index is 9.13. The van der Waals surface area contributed by atoms with Gasteiger partial charge in [0.25, 0.3) is 0 Å². The number of nitrogens with one attached hydrogen (secondary N) is 1. The van der Waals surface area contributed by atoms with Crippen LogP contribution in [-0.4, -0.2) is 24.4 Å². The van der Waals surface area contributed by atoms with E-state index >= 15 is 0 Å². The van der Waals surface area contributed by atoms with Gasteiger partial charge in [-0.3, -0.25) is 0 Å². The molecule has 0 saturated heterocycles. The number of aliphatic hydroxyl groups is 1. The number of aliphatic hydroxyl groups excluding tert-OH is 1. The maximum atomic E-state index is 9.13. The normalized spacial score (nSPS) is 22.2. The van der Waals surface area contributed by atoms with Gasteiger partial charge in [-0.2, -0.15) is 0 Å². The van der Waals surface area contributed by atoms with Gasteiger partial charge in [-0.05, 0) is 49.3 Å². The van der Waals surface area contributed by atoms with Crippen LogP contribution in [0.5, 0.6) is 5.75 Å². The minimum atomic E-state index is 0.311. The van der Waals surface area contributed by atoms with E-state index in [4.69, 9.17) is 16.3 Å². The first-order valence-corrected chi connectivity index (χ1v) is 7.31. The molecule has 1 fully saturated rings. The van der Waals surface area contributed by atoms with Crippen LogP contribution in [0.15, 0.2) is 24.3 Å². The Balaban J connectivity index is 1.73. The molecule has 1 aromatic rings. The van der Waals surface area contributed by atoms with E-state index in [0.717, 1.165) is 38.0 Å². The topological polar surface area (TPSA) is 41.5 Å². The first-order chi connectivity index (χ1) is 9.81. The van der Waals surface area contributed by atoms with Crippen LogP contribution in [0.2, 0.25) is 0 Å². The monoisotopic (exact) mass is 273 g/mol. The van der Waals surface area contributed by atoms with E-state index in [9.17, 15) is 0 Å². The lowest BCUT2D eigenvalue weighted by atomic mass is 9.86. The second kappa shape index (κ2) is 7.94. The Morgan fingerprint density at radius 1 is 1.20 bits per heavy atom. The molecule has 0 radical (unpaired) electrons. The molecule has 0 atom stereocenters. The van der Waals surface area contributed by atoms with Crippen molar-refractivity contribution in [1.82, 2.24) is 5.32 Å². The van der Waals surface area contributed by atoms with Crippen LogP contribution in [0.25, 0.3) is 0 Å². The van der Waals surface area contributed by atoms with Crippen molar-refractivity contribution in [3.63, 3.8) is 0 Å². The number of rotatable bonds is 6. The van der Waals surface area contributed by atoms with Crippen molar-refractivity contribution in [2.45, 2.75) is 38.3 Å². The SMILES string of the molecule is C#CCOc1ccc(CNC2CCC(CO)CC2)cc1. The molecule has 0 aromatic heterocycles. The molecule has 1 aliphatic rings. The van der Waals surface area contributed by atoms with Crippen molar-refractivity contribution in [1.29, 1.82) is 0 Å². The van der Waals surface area contributed by atoms with Crippen LogP contribution in [0.1, 0.15) is 31.2 Å². The third-order valence-corrected chi connectivity index (χ3v) is 3.95. The summed E-state index contributed by atoms with van der Waals surface area (Å²) in [6.07, 6.45) is 9.74. The number of benzene rings is 1. The second-order valence-corrected chi connectivity index (χ2v) is 5.42. The molecule has 108 valence electrons. The van der Waals surface area contributed by atoms with Gasteiger partial charge in [0, 0.05) is 19.2 Å². The van der Waals surface area contributed by atoms with Crippen LogP contribution in [0.4, 0.5) is 0 Å². The minimum absolute atomic E-state index is 0.311. The summed E-state index contributed by atoms with van der Waals surface area (Å²) in [5.74, 6) is 3.78. The molecule has 0 bridgehead atoms. The molecule has 0 aliphatic heterocycles. The van der Waals surface area contributed by atoms with Gasteiger partial charge in [0.2, 0.25) is 0 Å². The van der Waals surface area contributed by atoms with E-state index in [0.29, 0.717) is 25.2 Å². The quantitative estimate of drug-likeness (QED) is 0.782. The van der Waals surface area contributed by atoms with Crippen molar-refractivity contribution in [3.05, 3.63) is 29.8 Å². The molecule has 1 saturated carbocycles. The van der Waals surface area contributed by atoms with Gasteiger partial charge in [0.15, 0.2) is 0 Å². The van der Waals surface area contributed by atoms with E-state index in [1.165, 1.54) is 5.56 Å². The van der Waals surface area contributed by atoms with E-state index in [1.54, 1.807) is 0 Å². The maximum Gasteiger partial charge on any atom is 0.148 e. The fourth-order valence-electron chi connectivity index (χ4n) is 2.64. The zero-order valence-electron chi connectivity index (χ0n) is 11.8. The highest BCUT2D eigenvalue weighted by atomic mass is 16.5. The van der Waals surface area contributed by atoms with Crippen molar-refractivity contribution in [3.8, 4) is 18.1 Å². The number of hydrogen-bond acceptors (Lipinski definition) is 3. The standard InChI is InChI=1S/C17H23NO2/c1-2-11-20-17-9-5-14(6-10-17)12-18-16-7-3-15(13-19)4-8-16/h1,5-6,9-10,15-16,18-19H,3-4,7-8,11-13H2. The van der Waals surface area contributed by atoms with Gasteiger partial charge in [-0.15, -0.1) is 6.42 Å².